The Hall–Kier alpha value is -1.15. The summed E-state index contributed by atoms with van der Waals surface area (Å²) in [6.45, 7) is 0. The first-order chi connectivity index (χ1) is 5.79. The molecule has 0 aliphatic heterocycles. The van der Waals surface area contributed by atoms with Crippen LogP contribution >= 0.6 is 0 Å². The number of benzene rings is 1. The molecule has 0 saturated heterocycles. The fraction of sp³-hybridized carbons (Fsp3) is 0.200. The Morgan fingerprint density at radius 3 is 2.83 bits per heavy atom. The normalized spacial score (nSPS) is 26.8. The lowest BCUT2D eigenvalue weighted by atomic mass is 9.94. The summed E-state index contributed by atoms with van der Waals surface area (Å²) in [7, 11) is 0. The first-order valence-corrected chi connectivity index (χ1v) is 3.88. The molecule has 2 heteroatoms. The number of halogens is 1. The lowest BCUT2D eigenvalue weighted by Gasteiger charge is -2.19. The van der Waals surface area contributed by atoms with E-state index in [4.69, 9.17) is 0 Å². The summed E-state index contributed by atoms with van der Waals surface area (Å²) in [5.41, 5.74) is 1.58. The second-order valence-electron chi connectivity index (χ2n) is 2.88. The molecular formula is C10H9FO. The number of hydrogen-bond donors (Lipinski definition) is 1. The van der Waals surface area contributed by atoms with E-state index in [0.717, 1.165) is 5.56 Å². The Balaban J connectivity index is 2.52. The quantitative estimate of drug-likeness (QED) is 0.622. The van der Waals surface area contributed by atoms with E-state index in [1.54, 1.807) is 18.2 Å². The van der Waals surface area contributed by atoms with Crippen LogP contribution in [0.4, 0.5) is 4.39 Å². The summed E-state index contributed by atoms with van der Waals surface area (Å²) in [5.74, 6) is 0. The molecule has 0 saturated carbocycles. The highest BCUT2D eigenvalue weighted by atomic mass is 19.1. The minimum absolute atomic E-state index is 0.674. The molecule has 0 fully saturated rings. The van der Waals surface area contributed by atoms with Crippen molar-refractivity contribution in [3.05, 3.63) is 41.5 Å². The molecule has 1 nitrogen and oxygen atoms in total. The first kappa shape index (κ1) is 7.50. The van der Waals surface area contributed by atoms with Crippen molar-refractivity contribution in [1.82, 2.24) is 0 Å². The summed E-state index contributed by atoms with van der Waals surface area (Å²) in [6, 6.07) is 7.28. The molecule has 62 valence electrons. The largest absolute Gasteiger partial charge is 0.385 e. The van der Waals surface area contributed by atoms with E-state index in [0.29, 0.717) is 5.56 Å². The number of hydrogen-bond acceptors (Lipinski definition) is 1. The van der Waals surface area contributed by atoms with Gasteiger partial charge < -0.3 is 5.11 Å². The molecule has 1 aromatic rings. The van der Waals surface area contributed by atoms with Gasteiger partial charge >= 0.3 is 0 Å². The minimum Gasteiger partial charge on any atom is -0.385 e. The van der Waals surface area contributed by atoms with Crippen LogP contribution in [0.1, 0.15) is 17.2 Å². The summed E-state index contributed by atoms with van der Waals surface area (Å²) >= 11 is 0. The van der Waals surface area contributed by atoms with Crippen LogP contribution in [0.15, 0.2) is 30.3 Å². The third kappa shape index (κ3) is 1.04. The van der Waals surface area contributed by atoms with Crippen LogP contribution in [0, 0.1) is 0 Å². The highest BCUT2D eigenvalue weighted by Crippen LogP contribution is 2.29. The molecule has 0 amide bonds. The lowest BCUT2D eigenvalue weighted by molar-refractivity contribution is 0.102. The Labute approximate surface area is 70.2 Å². The van der Waals surface area contributed by atoms with E-state index in [-0.39, 0.29) is 0 Å². The molecule has 1 aliphatic carbocycles. The number of fused-ring (bicyclic) bond motifs is 1. The maximum absolute atomic E-state index is 12.9. The second-order valence-corrected chi connectivity index (χ2v) is 2.88. The molecule has 0 spiro atoms. The highest BCUT2D eigenvalue weighted by Gasteiger charge is 2.22. The summed E-state index contributed by atoms with van der Waals surface area (Å²) in [6.07, 6.45) is 0.825. The monoisotopic (exact) mass is 164 g/mol. The van der Waals surface area contributed by atoms with E-state index in [1.165, 1.54) is 6.08 Å². The standard InChI is InChI=1S/C10H9FO/c11-9-6-5-7-3-1-2-4-8(7)10(9)12/h1-6,9-10,12H/t9-,10-/m1/s1. The van der Waals surface area contributed by atoms with Crippen molar-refractivity contribution < 1.29 is 9.50 Å². The zero-order valence-corrected chi connectivity index (χ0v) is 6.44. The van der Waals surface area contributed by atoms with Gasteiger partial charge in [-0.25, -0.2) is 4.39 Å². The van der Waals surface area contributed by atoms with Gasteiger partial charge in [-0.15, -0.1) is 0 Å². The predicted molar refractivity (Wildman–Crippen MR) is 45.3 cm³/mol. The van der Waals surface area contributed by atoms with Crippen LogP contribution in [0.3, 0.4) is 0 Å². The summed E-state index contributed by atoms with van der Waals surface area (Å²) in [5, 5.41) is 9.40. The zero-order valence-electron chi connectivity index (χ0n) is 6.44. The van der Waals surface area contributed by atoms with E-state index in [2.05, 4.69) is 0 Å². The van der Waals surface area contributed by atoms with Crippen LogP contribution in [0.2, 0.25) is 0 Å². The van der Waals surface area contributed by atoms with Crippen LogP contribution in [-0.4, -0.2) is 11.3 Å². The number of alkyl halides is 1. The Morgan fingerprint density at radius 1 is 1.25 bits per heavy atom. The fourth-order valence-corrected chi connectivity index (χ4v) is 1.40. The van der Waals surface area contributed by atoms with E-state index in [1.807, 2.05) is 12.1 Å². The van der Waals surface area contributed by atoms with Crippen LogP contribution in [-0.2, 0) is 0 Å². The average Bonchev–Trinajstić information content (AvgIpc) is 2.12. The number of rotatable bonds is 0. The molecule has 1 aromatic carbocycles. The van der Waals surface area contributed by atoms with E-state index in [9.17, 15) is 9.50 Å². The smallest absolute Gasteiger partial charge is 0.149 e. The Kier molecular flexibility index (Phi) is 1.70. The van der Waals surface area contributed by atoms with Gasteiger partial charge in [0.2, 0.25) is 0 Å². The van der Waals surface area contributed by atoms with Crippen LogP contribution < -0.4 is 0 Å². The Bertz CT molecular complexity index is 319. The van der Waals surface area contributed by atoms with Gasteiger partial charge in [-0.1, -0.05) is 30.3 Å². The van der Waals surface area contributed by atoms with Gasteiger partial charge in [-0.2, -0.15) is 0 Å². The van der Waals surface area contributed by atoms with Crippen molar-refractivity contribution in [3.63, 3.8) is 0 Å². The molecule has 0 bridgehead atoms. The van der Waals surface area contributed by atoms with E-state index >= 15 is 0 Å². The van der Waals surface area contributed by atoms with Gasteiger partial charge in [-0.3, -0.25) is 0 Å². The molecule has 2 atom stereocenters. The van der Waals surface area contributed by atoms with Gasteiger partial charge in [0.25, 0.3) is 0 Å². The predicted octanol–water partition coefficient (Wildman–Crippen LogP) is 2.08. The van der Waals surface area contributed by atoms with Crippen molar-refractivity contribution >= 4 is 6.08 Å². The fourth-order valence-electron chi connectivity index (χ4n) is 1.40. The topological polar surface area (TPSA) is 20.2 Å². The second kappa shape index (κ2) is 2.72. The number of aliphatic hydroxyl groups excluding tert-OH is 1. The van der Waals surface area contributed by atoms with Crippen molar-refractivity contribution in [2.24, 2.45) is 0 Å². The van der Waals surface area contributed by atoms with Crippen molar-refractivity contribution in [2.45, 2.75) is 12.3 Å². The maximum atomic E-state index is 12.9. The van der Waals surface area contributed by atoms with Gasteiger partial charge in [0, 0.05) is 0 Å². The molecule has 0 unspecified atom stereocenters. The molecule has 1 N–H and O–H groups in total. The molecule has 0 heterocycles. The average molecular weight is 164 g/mol. The van der Waals surface area contributed by atoms with Crippen molar-refractivity contribution in [1.29, 1.82) is 0 Å². The molecular weight excluding hydrogens is 155 g/mol. The van der Waals surface area contributed by atoms with Crippen LogP contribution in [0.25, 0.3) is 6.08 Å². The Morgan fingerprint density at radius 2 is 2.00 bits per heavy atom. The minimum atomic E-state index is -1.26. The molecule has 12 heavy (non-hydrogen) atoms. The van der Waals surface area contributed by atoms with Crippen molar-refractivity contribution in [2.75, 3.05) is 0 Å². The maximum Gasteiger partial charge on any atom is 0.149 e. The highest BCUT2D eigenvalue weighted by molar-refractivity contribution is 5.58. The molecule has 2 rings (SSSR count). The van der Waals surface area contributed by atoms with Crippen LogP contribution in [0.5, 0.6) is 0 Å². The third-order valence-electron chi connectivity index (χ3n) is 2.08. The first-order valence-electron chi connectivity index (χ1n) is 3.88. The third-order valence-corrected chi connectivity index (χ3v) is 2.08. The SMILES string of the molecule is O[C@@H]1c2ccccc2C=C[C@H]1F. The van der Waals surface area contributed by atoms with Gasteiger partial charge in [0.05, 0.1) is 0 Å². The lowest BCUT2D eigenvalue weighted by Crippen LogP contribution is -2.15. The molecule has 1 aliphatic rings. The van der Waals surface area contributed by atoms with Gasteiger partial charge in [-0.05, 0) is 17.2 Å². The van der Waals surface area contributed by atoms with Gasteiger partial charge in [0.1, 0.15) is 12.3 Å². The number of aliphatic hydroxyl groups is 1. The van der Waals surface area contributed by atoms with E-state index < -0.39 is 12.3 Å². The molecule has 0 radical (unpaired) electrons. The van der Waals surface area contributed by atoms with Gasteiger partial charge in [0.15, 0.2) is 0 Å². The molecule has 0 aromatic heterocycles. The zero-order chi connectivity index (χ0) is 8.55. The van der Waals surface area contributed by atoms with Crippen molar-refractivity contribution in [3.8, 4) is 0 Å². The summed E-state index contributed by atoms with van der Waals surface area (Å²) < 4.78 is 12.9. The summed E-state index contributed by atoms with van der Waals surface area (Å²) in [4.78, 5) is 0.